The standard InChI is InChI=1S/C22H17Cl2N3O/c1-14(15-6-3-2-4-7-15)26-22(28)17-8-5-9-21-18(17)13-25-27(21)16-10-11-19(23)20(24)12-16/h2-14H,1H3,(H,26,28). The highest BCUT2D eigenvalue weighted by Gasteiger charge is 2.16. The van der Waals surface area contributed by atoms with Crippen molar-refractivity contribution >= 4 is 40.0 Å². The van der Waals surface area contributed by atoms with Gasteiger partial charge in [0.05, 0.1) is 39.1 Å². The van der Waals surface area contributed by atoms with Gasteiger partial charge in [-0.1, -0.05) is 59.6 Å². The summed E-state index contributed by atoms with van der Waals surface area (Å²) in [6, 6.07) is 20.6. The van der Waals surface area contributed by atoms with Crippen LogP contribution in [0.15, 0.2) is 72.9 Å². The maximum atomic E-state index is 12.9. The Morgan fingerprint density at radius 1 is 1.00 bits per heavy atom. The molecule has 0 bridgehead atoms. The lowest BCUT2D eigenvalue weighted by Gasteiger charge is -2.14. The number of hydrogen-bond acceptors (Lipinski definition) is 2. The first-order valence-corrected chi connectivity index (χ1v) is 9.58. The Balaban J connectivity index is 1.68. The molecule has 0 aliphatic rings. The number of amides is 1. The number of halogens is 2. The van der Waals surface area contributed by atoms with Crippen LogP contribution in [0, 0.1) is 0 Å². The van der Waals surface area contributed by atoms with Crippen molar-refractivity contribution in [2.75, 3.05) is 0 Å². The average molecular weight is 410 g/mol. The predicted octanol–water partition coefficient (Wildman–Crippen LogP) is 5.82. The first kappa shape index (κ1) is 18.5. The van der Waals surface area contributed by atoms with Crippen LogP contribution in [0.2, 0.25) is 10.0 Å². The monoisotopic (exact) mass is 409 g/mol. The lowest BCUT2D eigenvalue weighted by molar-refractivity contribution is 0.0941. The molecule has 0 radical (unpaired) electrons. The van der Waals surface area contributed by atoms with Gasteiger partial charge in [0.15, 0.2) is 0 Å². The first-order valence-electron chi connectivity index (χ1n) is 8.82. The molecule has 28 heavy (non-hydrogen) atoms. The van der Waals surface area contributed by atoms with E-state index in [1.165, 1.54) is 0 Å². The van der Waals surface area contributed by atoms with Crippen LogP contribution in [0.5, 0.6) is 0 Å². The van der Waals surface area contributed by atoms with E-state index in [9.17, 15) is 4.79 Å². The van der Waals surface area contributed by atoms with E-state index in [4.69, 9.17) is 23.2 Å². The number of nitrogens with zero attached hydrogens (tertiary/aromatic N) is 2. The number of benzene rings is 3. The molecule has 0 saturated carbocycles. The van der Waals surface area contributed by atoms with Gasteiger partial charge in [0.2, 0.25) is 0 Å². The molecule has 1 amide bonds. The van der Waals surface area contributed by atoms with E-state index in [-0.39, 0.29) is 11.9 Å². The smallest absolute Gasteiger partial charge is 0.252 e. The lowest BCUT2D eigenvalue weighted by atomic mass is 10.1. The molecule has 3 aromatic carbocycles. The second-order valence-electron chi connectivity index (χ2n) is 6.50. The molecule has 1 heterocycles. The van der Waals surface area contributed by atoms with Crippen LogP contribution >= 0.6 is 23.2 Å². The fourth-order valence-corrected chi connectivity index (χ4v) is 3.46. The van der Waals surface area contributed by atoms with Crippen molar-refractivity contribution in [3.05, 3.63) is 94.1 Å². The lowest BCUT2D eigenvalue weighted by Crippen LogP contribution is -2.26. The molecule has 4 nitrogen and oxygen atoms in total. The molecule has 1 unspecified atom stereocenters. The fraction of sp³-hybridized carbons (Fsp3) is 0.0909. The molecule has 0 spiro atoms. The molecule has 0 aliphatic carbocycles. The molecule has 0 aliphatic heterocycles. The van der Waals surface area contributed by atoms with Crippen LogP contribution in [0.4, 0.5) is 0 Å². The molecule has 1 N–H and O–H groups in total. The van der Waals surface area contributed by atoms with Gasteiger partial charge in [0.25, 0.3) is 5.91 Å². The SMILES string of the molecule is CC(NC(=O)c1cccc2c1cnn2-c1ccc(Cl)c(Cl)c1)c1ccccc1. The molecule has 0 saturated heterocycles. The van der Waals surface area contributed by atoms with Crippen molar-refractivity contribution in [3.8, 4) is 5.69 Å². The van der Waals surface area contributed by atoms with E-state index >= 15 is 0 Å². The molecule has 6 heteroatoms. The second kappa shape index (κ2) is 7.66. The number of rotatable bonds is 4. The van der Waals surface area contributed by atoms with E-state index in [1.807, 2.05) is 55.5 Å². The third kappa shape index (κ3) is 3.49. The summed E-state index contributed by atoms with van der Waals surface area (Å²) in [6.07, 6.45) is 1.69. The highest BCUT2D eigenvalue weighted by atomic mass is 35.5. The van der Waals surface area contributed by atoms with Gasteiger partial charge >= 0.3 is 0 Å². The summed E-state index contributed by atoms with van der Waals surface area (Å²) < 4.78 is 1.74. The summed E-state index contributed by atoms with van der Waals surface area (Å²) in [6.45, 7) is 1.96. The summed E-state index contributed by atoms with van der Waals surface area (Å²) in [5, 5.41) is 9.21. The topological polar surface area (TPSA) is 46.9 Å². The van der Waals surface area contributed by atoms with Crippen LogP contribution in [-0.4, -0.2) is 15.7 Å². The van der Waals surface area contributed by atoms with Crippen molar-refractivity contribution in [3.63, 3.8) is 0 Å². The van der Waals surface area contributed by atoms with Crippen LogP contribution in [0.3, 0.4) is 0 Å². The maximum Gasteiger partial charge on any atom is 0.252 e. The molecular weight excluding hydrogens is 393 g/mol. The normalized spacial score (nSPS) is 12.1. The van der Waals surface area contributed by atoms with Crippen molar-refractivity contribution in [2.24, 2.45) is 0 Å². The fourth-order valence-electron chi connectivity index (χ4n) is 3.17. The Bertz CT molecular complexity index is 1160. The molecule has 1 atom stereocenters. The quantitative estimate of drug-likeness (QED) is 0.461. The first-order chi connectivity index (χ1) is 13.5. The minimum atomic E-state index is -0.143. The Kier molecular flexibility index (Phi) is 5.07. The average Bonchev–Trinajstić information content (AvgIpc) is 3.15. The van der Waals surface area contributed by atoms with Gasteiger partial charge in [-0.3, -0.25) is 4.79 Å². The second-order valence-corrected chi connectivity index (χ2v) is 7.31. The Hall–Kier alpha value is -2.82. The maximum absolute atomic E-state index is 12.9. The van der Waals surface area contributed by atoms with E-state index in [2.05, 4.69) is 10.4 Å². The Morgan fingerprint density at radius 3 is 2.54 bits per heavy atom. The highest BCUT2D eigenvalue weighted by molar-refractivity contribution is 6.42. The van der Waals surface area contributed by atoms with E-state index < -0.39 is 0 Å². The zero-order chi connectivity index (χ0) is 19.7. The zero-order valence-electron chi connectivity index (χ0n) is 15.1. The van der Waals surface area contributed by atoms with E-state index in [0.717, 1.165) is 22.2 Å². The van der Waals surface area contributed by atoms with Crippen molar-refractivity contribution in [1.82, 2.24) is 15.1 Å². The predicted molar refractivity (Wildman–Crippen MR) is 113 cm³/mol. The third-order valence-electron chi connectivity index (χ3n) is 4.65. The van der Waals surface area contributed by atoms with Gasteiger partial charge in [-0.25, -0.2) is 4.68 Å². The minimum absolute atomic E-state index is 0.103. The summed E-state index contributed by atoms with van der Waals surface area (Å²) in [4.78, 5) is 12.9. The largest absolute Gasteiger partial charge is 0.345 e. The summed E-state index contributed by atoms with van der Waals surface area (Å²) in [5.41, 5.74) is 3.22. The Labute approximate surface area is 172 Å². The number of carbonyl (C=O) groups excluding carboxylic acids is 1. The van der Waals surface area contributed by atoms with Gasteiger partial charge < -0.3 is 5.32 Å². The van der Waals surface area contributed by atoms with Crippen molar-refractivity contribution < 1.29 is 4.79 Å². The van der Waals surface area contributed by atoms with E-state index in [0.29, 0.717) is 15.6 Å². The number of carbonyl (C=O) groups is 1. The van der Waals surface area contributed by atoms with Gasteiger partial charge in [-0.05, 0) is 42.8 Å². The van der Waals surface area contributed by atoms with Crippen LogP contribution in [-0.2, 0) is 0 Å². The molecule has 140 valence electrons. The van der Waals surface area contributed by atoms with Crippen LogP contribution < -0.4 is 5.32 Å². The molecule has 0 fully saturated rings. The van der Waals surface area contributed by atoms with Crippen molar-refractivity contribution in [1.29, 1.82) is 0 Å². The molecule has 4 aromatic rings. The molecule has 4 rings (SSSR count). The van der Waals surface area contributed by atoms with Gasteiger partial charge in [0, 0.05) is 5.39 Å². The van der Waals surface area contributed by atoms with Gasteiger partial charge in [-0.2, -0.15) is 5.10 Å². The zero-order valence-corrected chi connectivity index (χ0v) is 16.6. The van der Waals surface area contributed by atoms with Crippen LogP contribution in [0.1, 0.15) is 28.9 Å². The summed E-state index contributed by atoms with van der Waals surface area (Å²) in [7, 11) is 0. The van der Waals surface area contributed by atoms with Gasteiger partial charge in [0.1, 0.15) is 0 Å². The molecular formula is C22H17Cl2N3O. The summed E-state index contributed by atoms with van der Waals surface area (Å²) in [5.74, 6) is -0.143. The minimum Gasteiger partial charge on any atom is -0.345 e. The number of aromatic nitrogens is 2. The number of nitrogens with one attached hydrogen (secondary N) is 1. The van der Waals surface area contributed by atoms with Crippen LogP contribution in [0.25, 0.3) is 16.6 Å². The summed E-state index contributed by atoms with van der Waals surface area (Å²) >= 11 is 12.2. The number of hydrogen-bond donors (Lipinski definition) is 1. The Morgan fingerprint density at radius 2 is 1.79 bits per heavy atom. The highest BCUT2D eigenvalue weighted by Crippen LogP contribution is 2.27. The molecule has 1 aromatic heterocycles. The third-order valence-corrected chi connectivity index (χ3v) is 5.39. The van der Waals surface area contributed by atoms with E-state index in [1.54, 1.807) is 29.1 Å². The number of fused-ring (bicyclic) bond motifs is 1. The van der Waals surface area contributed by atoms with Crippen molar-refractivity contribution in [2.45, 2.75) is 13.0 Å². The van der Waals surface area contributed by atoms with Gasteiger partial charge in [-0.15, -0.1) is 0 Å².